The summed E-state index contributed by atoms with van der Waals surface area (Å²) in [6, 6.07) is 4.49. The number of rotatable bonds is 4. The first kappa shape index (κ1) is 12.6. The molecule has 0 aliphatic carbocycles. The first-order chi connectivity index (χ1) is 7.47. The number of anilines is 1. The van der Waals surface area contributed by atoms with Crippen LogP contribution < -0.4 is 5.32 Å². The fourth-order valence-electron chi connectivity index (χ4n) is 1.36. The molecule has 88 valence electrons. The zero-order chi connectivity index (χ0) is 12.1. The van der Waals surface area contributed by atoms with E-state index in [9.17, 15) is 9.18 Å². The van der Waals surface area contributed by atoms with Gasteiger partial charge in [0.25, 0.3) is 0 Å². The first-order valence-electron chi connectivity index (χ1n) is 5.19. The lowest BCUT2D eigenvalue weighted by Gasteiger charge is -2.10. The maximum absolute atomic E-state index is 13.0. The smallest absolute Gasteiger partial charge is 0.225 e. The summed E-state index contributed by atoms with van der Waals surface area (Å²) in [6.45, 7) is 2.47. The summed E-state index contributed by atoms with van der Waals surface area (Å²) in [5.74, 6) is -0.429. The maximum Gasteiger partial charge on any atom is 0.225 e. The van der Waals surface area contributed by atoms with E-state index in [1.54, 1.807) is 13.0 Å². The molecule has 16 heavy (non-hydrogen) atoms. The second-order valence-corrected chi connectivity index (χ2v) is 4.12. The van der Waals surface area contributed by atoms with Crippen LogP contribution in [0.2, 0.25) is 0 Å². The molecule has 0 aliphatic rings. The summed E-state index contributed by atoms with van der Waals surface area (Å²) in [6.07, 6.45) is 0.405. The van der Waals surface area contributed by atoms with Gasteiger partial charge < -0.3 is 10.2 Å². The zero-order valence-corrected chi connectivity index (χ0v) is 9.88. The quantitative estimate of drug-likeness (QED) is 0.848. The SMILES string of the molecule is Cc1cc(F)cc(NC(=O)CCN(C)C)c1. The number of nitrogens with one attached hydrogen (secondary N) is 1. The molecule has 1 rings (SSSR count). The number of hydrogen-bond donors (Lipinski definition) is 1. The Labute approximate surface area is 95.3 Å². The lowest BCUT2D eigenvalue weighted by molar-refractivity contribution is -0.116. The molecule has 0 radical (unpaired) electrons. The van der Waals surface area contributed by atoms with Gasteiger partial charge in [0.1, 0.15) is 5.82 Å². The van der Waals surface area contributed by atoms with Gasteiger partial charge in [-0.3, -0.25) is 4.79 Å². The highest BCUT2D eigenvalue weighted by Crippen LogP contribution is 2.13. The Morgan fingerprint density at radius 3 is 2.62 bits per heavy atom. The van der Waals surface area contributed by atoms with E-state index in [2.05, 4.69) is 5.32 Å². The third kappa shape index (κ3) is 4.40. The van der Waals surface area contributed by atoms with Gasteiger partial charge in [-0.2, -0.15) is 0 Å². The molecule has 0 bridgehead atoms. The number of carbonyl (C=O) groups is 1. The van der Waals surface area contributed by atoms with E-state index in [1.807, 2.05) is 19.0 Å². The number of aryl methyl sites for hydroxylation is 1. The number of hydrogen-bond acceptors (Lipinski definition) is 2. The third-order valence-electron chi connectivity index (χ3n) is 2.11. The number of halogens is 1. The Kier molecular flexibility index (Phi) is 4.43. The average molecular weight is 224 g/mol. The van der Waals surface area contributed by atoms with Crippen LogP contribution in [0.25, 0.3) is 0 Å². The molecule has 0 aromatic heterocycles. The van der Waals surface area contributed by atoms with E-state index >= 15 is 0 Å². The van der Waals surface area contributed by atoms with Crippen LogP contribution in [0.15, 0.2) is 18.2 Å². The molecule has 1 aromatic carbocycles. The van der Waals surface area contributed by atoms with Crippen molar-refractivity contribution in [2.45, 2.75) is 13.3 Å². The van der Waals surface area contributed by atoms with E-state index in [1.165, 1.54) is 12.1 Å². The largest absolute Gasteiger partial charge is 0.326 e. The van der Waals surface area contributed by atoms with Crippen LogP contribution in [-0.4, -0.2) is 31.4 Å². The molecule has 1 aromatic rings. The van der Waals surface area contributed by atoms with Gasteiger partial charge in [-0.1, -0.05) is 0 Å². The predicted octanol–water partition coefficient (Wildman–Crippen LogP) is 2.02. The molecule has 0 atom stereocenters. The van der Waals surface area contributed by atoms with Crippen LogP contribution in [0.4, 0.5) is 10.1 Å². The van der Waals surface area contributed by atoms with Crippen molar-refractivity contribution in [3.63, 3.8) is 0 Å². The number of amides is 1. The Hall–Kier alpha value is -1.42. The normalized spacial score (nSPS) is 10.6. The Balaban J connectivity index is 2.56. The molecule has 0 saturated carbocycles. The van der Waals surface area contributed by atoms with Crippen molar-refractivity contribution < 1.29 is 9.18 Å². The summed E-state index contributed by atoms with van der Waals surface area (Å²) < 4.78 is 13.0. The monoisotopic (exact) mass is 224 g/mol. The van der Waals surface area contributed by atoms with Crippen molar-refractivity contribution in [2.75, 3.05) is 26.0 Å². The van der Waals surface area contributed by atoms with Crippen molar-refractivity contribution in [3.8, 4) is 0 Å². The van der Waals surface area contributed by atoms with Crippen molar-refractivity contribution in [1.82, 2.24) is 4.90 Å². The molecule has 0 fully saturated rings. The lowest BCUT2D eigenvalue weighted by Crippen LogP contribution is -2.20. The number of carbonyl (C=O) groups excluding carboxylic acids is 1. The topological polar surface area (TPSA) is 32.3 Å². The van der Waals surface area contributed by atoms with E-state index in [0.717, 1.165) is 5.56 Å². The lowest BCUT2D eigenvalue weighted by atomic mass is 10.2. The van der Waals surface area contributed by atoms with Gasteiger partial charge in [0.2, 0.25) is 5.91 Å². The Morgan fingerprint density at radius 2 is 2.06 bits per heavy atom. The zero-order valence-electron chi connectivity index (χ0n) is 9.88. The van der Waals surface area contributed by atoms with E-state index in [0.29, 0.717) is 18.7 Å². The molecule has 1 N–H and O–H groups in total. The van der Waals surface area contributed by atoms with Gasteiger partial charge in [0, 0.05) is 18.7 Å². The minimum Gasteiger partial charge on any atom is -0.326 e. The Bertz CT molecular complexity index is 357. The molecule has 0 saturated heterocycles. The predicted molar refractivity (Wildman–Crippen MR) is 62.9 cm³/mol. The highest BCUT2D eigenvalue weighted by Gasteiger charge is 2.04. The van der Waals surface area contributed by atoms with Crippen LogP contribution in [0, 0.1) is 12.7 Å². The molecule has 0 aliphatic heterocycles. The van der Waals surface area contributed by atoms with Crippen molar-refractivity contribution >= 4 is 11.6 Å². The standard InChI is InChI=1S/C12H17FN2O/c1-9-6-10(13)8-11(7-9)14-12(16)4-5-15(2)3/h6-8H,4-5H2,1-3H3,(H,14,16). The first-order valence-corrected chi connectivity index (χ1v) is 5.19. The summed E-state index contributed by atoms with van der Waals surface area (Å²) in [4.78, 5) is 13.4. The third-order valence-corrected chi connectivity index (χ3v) is 2.11. The Morgan fingerprint density at radius 1 is 1.38 bits per heavy atom. The van der Waals surface area contributed by atoms with Gasteiger partial charge in [0.15, 0.2) is 0 Å². The van der Waals surface area contributed by atoms with Crippen LogP contribution in [0.5, 0.6) is 0 Å². The molecule has 0 heterocycles. The molecule has 0 unspecified atom stereocenters. The second kappa shape index (κ2) is 5.61. The van der Waals surface area contributed by atoms with Crippen LogP contribution >= 0.6 is 0 Å². The highest BCUT2D eigenvalue weighted by molar-refractivity contribution is 5.90. The average Bonchev–Trinajstić information content (AvgIpc) is 2.12. The second-order valence-electron chi connectivity index (χ2n) is 4.12. The van der Waals surface area contributed by atoms with E-state index in [-0.39, 0.29) is 11.7 Å². The van der Waals surface area contributed by atoms with Gasteiger partial charge in [-0.15, -0.1) is 0 Å². The van der Waals surface area contributed by atoms with Crippen molar-refractivity contribution in [2.24, 2.45) is 0 Å². The molecular weight excluding hydrogens is 207 g/mol. The summed E-state index contributed by atoms with van der Waals surface area (Å²) in [7, 11) is 3.80. The van der Waals surface area contributed by atoms with Crippen molar-refractivity contribution in [3.05, 3.63) is 29.6 Å². The van der Waals surface area contributed by atoms with Gasteiger partial charge in [0.05, 0.1) is 0 Å². The molecule has 3 nitrogen and oxygen atoms in total. The number of nitrogens with zero attached hydrogens (tertiary/aromatic N) is 1. The van der Waals surface area contributed by atoms with Crippen LogP contribution in [0.1, 0.15) is 12.0 Å². The van der Waals surface area contributed by atoms with Crippen LogP contribution in [0.3, 0.4) is 0 Å². The molecule has 0 spiro atoms. The molecule has 4 heteroatoms. The highest BCUT2D eigenvalue weighted by atomic mass is 19.1. The summed E-state index contributed by atoms with van der Waals surface area (Å²) >= 11 is 0. The fourth-order valence-corrected chi connectivity index (χ4v) is 1.36. The minimum absolute atomic E-state index is 0.0984. The van der Waals surface area contributed by atoms with Gasteiger partial charge in [-0.05, 0) is 44.8 Å². The van der Waals surface area contributed by atoms with Gasteiger partial charge >= 0.3 is 0 Å². The molecule has 1 amide bonds. The van der Waals surface area contributed by atoms with Gasteiger partial charge in [-0.25, -0.2) is 4.39 Å². The molecular formula is C12H17FN2O. The summed E-state index contributed by atoms with van der Waals surface area (Å²) in [5, 5.41) is 2.67. The maximum atomic E-state index is 13.0. The van der Waals surface area contributed by atoms with Crippen LogP contribution in [-0.2, 0) is 4.79 Å². The van der Waals surface area contributed by atoms with E-state index in [4.69, 9.17) is 0 Å². The minimum atomic E-state index is -0.331. The van der Waals surface area contributed by atoms with E-state index < -0.39 is 0 Å². The van der Waals surface area contributed by atoms with Crippen molar-refractivity contribution in [1.29, 1.82) is 0 Å². The number of benzene rings is 1. The fraction of sp³-hybridized carbons (Fsp3) is 0.417. The summed E-state index contributed by atoms with van der Waals surface area (Å²) in [5.41, 5.74) is 1.31.